The van der Waals surface area contributed by atoms with Gasteiger partial charge in [0, 0.05) is 24.6 Å². The SMILES string of the molecule is COc1ccc(-c2nnc3ccc(N4CCC(C(=O)NC(C)c5ccccc5)CC4)nn23)cc1. The van der Waals surface area contributed by atoms with Crippen molar-refractivity contribution in [2.75, 3.05) is 25.1 Å². The Bertz CT molecular complexity index is 1260. The van der Waals surface area contributed by atoms with Gasteiger partial charge >= 0.3 is 0 Å². The second-order valence-corrected chi connectivity index (χ2v) is 8.62. The Morgan fingerprint density at radius 3 is 2.44 bits per heavy atom. The van der Waals surface area contributed by atoms with Gasteiger partial charge in [-0.05, 0) is 61.7 Å². The fourth-order valence-electron chi connectivity index (χ4n) is 4.40. The number of nitrogens with zero attached hydrogens (tertiary/aromatic N) is 5. The van der Waals surface area contributed by atoms with Crippen molar-refractivity contribution in [2.45, 2.75) is 25.8 Å². The van der Waals surface area contributed by atoms with Crippen LogP contribution in [0.15, 0.2) is 66.7 Å². The third-order valence-electron chi connectivity index (χ3n) is 6.45. The van der Waals surface area contributed by atoms with E-state index in [4.69, 9.17) is 9.84 Å². The van der Waals surface area contributed by atoms with E-state index in [0.29, 0.717) is 11.5 Å². The maximum atomic E-state index is 12.8. The third-order valence-corrected chi connectivity index (χ3v) is 6.45. The zero-order valence-electron chi connectivity index (χ0n) is 19.4. The van der Waals surface area contributed by atoms with Gasteiger partial charge in [-0.15, -0.1) is 15.3 Å². The summed E-state index contributed by atoms with van der Waals surface area (Å²) in [6.07, 6.45) is 1.58. The largest absolute Gasteiger partial charge is 0.497 e. The quantitative estimate of drug-likeness (QED) is 0.474. The first kappa shape index (κ1) is 21.9. The van der Waals surface area contributed by atoms with Gasteiger partial charge in [0.15, 0.2) is 11.5 Å². The standard InChI is InChI=1S/C26H28N6O2/c1-18(19-6-4-3-5-7-19)27-26(33)21-14-16-31(17-15-21)24-13-12-23-28-29-25(32(23)30-24)20-8-10-22(34-2)11-9-20/h3-13,18,21H,14-17H2,1-2H3,(H,27,33). The summed E-state index contributed by atoms with van der Waals surface area (Å²) in [5.74, 6) is 2.47. The molecule has 3 heterocycles. The van der Waals surface area contributed by atoms with Crippen LogP contribution in [0.4, 0.5) is 5.82 Å². The Morgan fingerprint density at radius 2 is 1.74 bits per heavy atom. The van der Waals surface area contributed by atoms with Crippen LogP contribution >= 0.6 is 0 Å². The minimum absolute atomic E-state index is 0.000852. The lowest BCUT2D eigenvalue weighted by Crippen LogP contribution is -2.41. The molecule has 2 aromatic heterocycles. The molecule has 174 valence electrons. The first-order chi connectivity index (χ1) is 16.6. The van der Waals surface area contributed by atoms with Gasteiger partial charge in [-0.25, -0.2) is 0 Å². The smallest absolute Gasteiger partial charge is 0.223 e. The molecule has 5 rings (SSSR count). The molecule has 1 amide bonds. The zero-order chi connectivity index (χ0) is 23.5. The van der Waals surface area contributed by atoms with Crippen LogP contribution in [-0.4, -0.2) is 45.9 Å². The molecule has 0 spiro atoms. The highest BCUT2D eigenvalue weighted by Gasteiger charge is 2.27. The number of hydrogen-bond donors (Lipinski definition) is 1. The van der Waals surface area contributed by atoms with E-state index in [2.05, 4.69) is 20.4 Å². The number of nitrogens with one attached hydrogen (secondary N) is 1. The van der Waals surface area contributed by atoms with Gasteiger partial charge in [-0.1, -0.05) is 30.3 Å². The Morgan fingerprint density at radius 1 is 1.00 bits per heavy atom. The van der Waals surface area contributed by atoms with Crippen LogP contribution in [0.25, 0.3) is 17.0 Å². The molecule has 0 radical (unpaired) electrons. The Kier molecular flexibility index (Phi) is 6.12. The molecule has 1 aliphatic rings. The van der Waals surface area contributed by atoms with Crippen molar-refractivity contribution in [2.24, 2.45) is 5.92 Å². The van der Waals surface area contributed by atoms with Crippen LogP contribution in [0.5, 0.6) is 5.75 Å². The summed E-state index contributed by atoms with van der Waals surface area (Å²) in [4.78, 5) is 15.1. The van der Waals surface area contributed by atoms with Gasteiger partial charge in [-0.3, -0.25) is 4.79 Å². The number of ether oxygens (including phenoxy) is 1. The van der Waals surface area contributed by atoms with Crippen molar-refractivity contribution in [3.05, 3.63) is 72.3 Å². The minimum atomic E-state index is 0.000852. The molecule has 1 N–H and O–H groups in total. The van der Waals surface area contributed by atoms with Gasteiger partial charge in [-0.2, -0.15) is 4.52 Å². The number of amides is 1. The molecule has 1 fully saturated rings. The van der Waals surface area contributed by atoms with Gasteiger partial charge in [0.25, 0.3) is 0 Å². The molecule has 34 heavy (non-hydrogen) atoms. The number of piperidine rings is 1. The fourth-order valence-corrected chi connectivity index (χ4v) is 4.40. The number of methoxy groups -OCH3 is 1. The second-order valence-electron chi connectivity index (χ2n) is 8.62. The second kappa shape index (κ2) is 9.51. The van der Waals surface area contributed by atoms with Crippen LogP contribution in [0.1, 0.15) is 31.4 Å². The highest BCUT2D eigenvalue weighted by Crippen LogP contribution is 2.25. The summed E-state index contributed by atoms with van der Waals surface area (Å²) in [6.45, 7) is 3.58. The average molecular weight is 457 g/mol. The van der Waals surface area contributed by atoms with E-state index in [9.17, 15) is 4.79 Å². The number of anilines is 1. The van der Waals surface area contributed by atoms with Crippen molar-refractivity contribution in [1.82, 2.24) is 25.1 Å². The Hall–Kier alpha value is -3.94. The van der Waals surface area contributed by atoms with E-state index in [0.717, 1.165) is 48.6 Å². The van der Waals surface area contributed by atoms with Crippen molar-refractivity contribution < 1.29 is 9.53 Å². The van der Waals surface area contributed by atoms with E-state index in [1.165, 1.54) is 0 Å². The van der Waals surface area contributed by atoms with Crippen LogP contribution in [-0.2, 0) is 4.79 Å². The summed E-state index contributed by atoms with van der Waals surface area (Å²) < 4.78 is 7.02. The van der Waals surface area contributed by atoms with Gasteiger partial charge < -0.3 is 15.0 Å². The number of benzene rings is 2. The van der Waals surface area contributed by atoms with Crippen molar-refractivity contribution in [3.63, 3.8) is 0 Å². The third kappa shape index (κ3) is 4.44. The lowest BCUT2D eigenvalue weighted by atomic mass is 9.95. The molecule has 2 aromatic carbocycles. The molecule has 8 nitrogen and oxygen atoms in total. The van der Waals surface area contributed by atoms with E-state index < -0.39 is 0 Å². The van der Waals surface area contributed by atoms with Gasteiger partial charge in [0.1, 0.15) is 11.6 Å². The molecule has 4 aromatic rings. The normalized spacial score (nSPS) is 15.3. The molecule has 8 heteroatoms. The van der Waals surface area contributed by atoms with E-state index in [-0.39, 0.29) is 17.9 Å². The molecule has 1 aliphatic heterocycles. The first-order valence-corrected chi connectivity index (χ1v) is 11.6. The Labute approximate surface area is 198 Å². The monoisotopic (exact) mass is 456 g/mol. The molecular formula is C26H28N6O2. The maximum Gasteiger partial charge on any atom is 0.223 e. The summed E-state index contributed by atoms with van der Waals surface area (Å²) in [7, 11) is 1.64. The topological polar surface area (TPSA) is 84.7 Å². The summed E-state index contributed by atoms with van der Waals surface area (Å²) in [5.41, 5.74) is 2.73. The molecule has 0 bridgehead atoms. The van der Waals surface area contributed by atoms with Crippen molar-refractivity contribution in [1.29, 1.82) is 0 Å². The minimum Gasteiger partial charge on any atom is -0.497 e. The number of rotatable bonds is 6. The molecule has 0 aliphatic carbocycles. The van der Waals surface area contributed by atoms with Crippen molar-refractivity contribution >= 4 is 17.4 Å². The van der Waals surface area contributed by atoms with Gasteiger partial charge in [0.05, 0.1) is 13.2 Å². The lowest BCUT2D eigenvalue weighted by Gasteiger charge is -2.32. The number of hydrogen-bond acceptors (Lipinski definition) is 6. The number of carbonyl (C=O) groups excluding carboxylic acids is 1. The maximum absolute atomic E-state index is 12.8. The summed E-state index contributed by atoms with van der Waals surface area (Å²) in [6, 6.07) is 21.7. The van der Waals surface area contributed by atoms with E-state index in [1.54, 1.807) is 11.6 Å². The summed E-state index contributed by atoms with van der Waals surface area (Å²) >= 11 is 0. The first-order valence-electron chi connectivity index (χ1n) is 11.6. The van der Waals surface area contributed by atoms with Crippen LogP contribution in [0.2, 0.25) is 0 Å². The van der Waals surface area contributed by atoms with Crippen LogP contribution in [0.3, 0.4) is 0 Å². The highest BCUT2D eigenvalue weighted by molar-refractivity contribution is 5.79. The highest BCUT2D eigenvalue weighted by atomic mass is 16.5. The fraction of sp³-hybridized carbons (Fsp3) is 0.308. The molecule has 1 saturated heterocycles. The molecular weight excluding hydrogens is 428 g/mol. The van der Waals surface area contributed by atoms with Gasteiger partial charge in [0.2, 0.25) is 5.91 Å². The predicted octanol–water partition coefficient (Wildman–Crippen LogP) is 3.89. The molecule has 0 saturated carbocycles. The van der Waals surface area contributed by atoms with E-state index >= 15 is 0 Å². The lowest BCUT2D eigenvalue weighted by molar-refractivity contribution is -0.126. The Balaban J connectivity index is 1.26. The van der Waals surface area contributed by atoms with Crippen LogP contribution < -0.4 is 15.0 Å². The van der Waals surface area contributed by atoms with Crippen LogP contribution in [0, 0.1) is 5.92 Å². The number of aromatic nitrogens is 4. The molecule has 1 atom stereocenters. The predicted molar refractivity (Wildman–Crippen MR) is 131 cm³/mol. The number of carbonyl (C=O) groups is 1. The summed E-state index contributed by atoms with van der Waals surface area (Å²) in [5, 5.41) is 16.6. The molecule has 1 unspecified atom stereocenters. The van der Waals surface area contributed by atoms with E-state index in [1.807, 2.05) is 73.7 Å². The average Bonchev–Trinajstić information content (AvgIpc) is 3.32. The number of fused-ring (bicyclic) bond motifs is 1. The zero-order valence-corrected chi connectivity index (χ0v) is 19.4. The van der Waals surface area contributed by atoms with Crippen molar-refractivity contribution in [3.8, 4) is 17.1 Å².